The van der Waals surface area contributed by atoms with Crippen LogP contribution in [0.3, 0.4) is 0 Å². The van der Waals surface area contributed by atoms with E-state index in [2.05, 4.69) is 14.9 Å². The van der Waals surface area contributed by atoms with Crippen LogP contribution in [-0.4, -0.2) is 60.7 Å². The summed E-state index contributed by atoms with van der Waals surface area (Å²) in [5.41, 5.74) is 1.86. The number of hydrogen-bond donors (Lipinski definition) is 0. The number of nitrogens with zero attached hydrogens (tertiary/aromatic N) is 4. The fourth-order valence-electron chi connectivity index (χ4n) is 3.38. The van der Waals surface area contributed by atoms with E-state index < -0.39 is 0 Å². The standard InChI is InChI=1S/C23H24N4O3/c1-29-19-9-7-18(8-10-19)21-15-22(25-17-24-21)26-11-13-27(14-12-26)23(28)16-30-20-5-3-2-4-6-20/h2-10,15,17H,11-14,16H2,1H3. The minimum absolute atomic E-state index is 0.000104. The molecule has 30 heavy (non-hydrogen) atoms. The molecule has 7 heteroatoms. The third-order valence-electron chi connectivity index (χ3n) is 5.10. The lowest BCUT2D eigenvalue weighted by Gasteiger charge is -2.35. The molecule has 2 heterocycles. The van der Waals surface area contributed by atoms with Crippen molar-refractivity contribution < 1.29 is 14.3 Å². The van der Waals surface area contributed by atoms with Crippen LogP contribution >= 0.6 is 0 Å². The molecule has 1 fully saturated rings. The van der Waals surface area contributed by atoms with Gasteiger partial charge in [-0.15, -0.1) is 0 Å². The highest BCUT2D eigenvalue weighted by molar-refractivity contribution is 5.78. The second kappa shape index (κ2) is 9.26. The van der Waals surface area contributed by atoms with Crippen molar-refractivity contribution in [3.05, 3.63) is 67.0 Å². The van der Waals surface area contributed by atoms with Gasteiger partial charge in [0.25, 0.3) is 5.91 Å². The normalized spacial score (nSPS) is 13.8. The average Bonchev–Trinajstić information content (AvgIpc) is 2.83. The number of amides is 1. The molecular formula is C23H24N4O3. The molecule has 0 saturated carbocycles. The smallest absolute Gasteiger partial charge is 0.260 e. The first-order valence-corrected chi connectivity index (χ1v) is 9.90. The Morgan fingerprint density at radius 3 is 2.37 bits per heavy atom. The first-order chi connectivity index (χ1) is 14.7. The van der Waals surface area contributed by atoms with Gasteiger partial charge < -0.3 is 19.3 Å². The molecule has 154 valence electrons. The van der Waals surface area contributed by atoms with Crippen molar-refractivity contribution in [2.45, 2.75) is 0 Å². The van der Waals surface area contributed by atoms with Gasteiger partial charge in [-0.1, -0.05) is 18.2 Å². The van der Waals surface area contributed by atoms with Gasteiger partial charge in [-0.3, -0.25) is 4.79 Å². The molecule has 1 amide bonds. The van der Waals surface area contributed by atoms with Crippen LogP contribution in [0.2, 0.25) is 0 Å². The van der Waals surface area contributed by atoms with Crippen molar-refractivity contribution in [1.29, 1.82) is 0 Å². The monoisotopic (exact) mass is 404 g/mol. The van der Waals surface area contributed by atoms with Crippen LogP contribution in [0.4, 0.5) is 5.82 Å². The van der Waals surface area contributed by atoms with E-state index in [4.69, 9.17) is 9.47 Å². The lowest BCUT2D eigenvalue weighted by Crippen LogP contribution is -2.50. The first-order valence-electron chi connectivity index (χ1n) is 9.90. The Morgan fingerprint density at radius 1 is 0.933 bits per heavy atom. The summed E-state index contributed by atoms with van der Waals surface area (Å²) in [4.78, 5) is 25.3. The Bertz CT molecular complexity index is 971. The van der Waals surface area contributed by atoms with E-state index in [1.165, 1.54) is 0 Å². The van der Waals surface area contributed by atoms with Gasteiger partial charge in [-0.25, -0.2) is 9.97 Å². The fraction of sp³-hybridized carbons (Fsp3) is 0.261. The van der Waals surface area contributed by atoms with E-state index in [9.17, 15) is 4.79 Å². The number of carbonyl (C=O) groups is 1. The molecule has 0 aliphatic carbocycles. The quantitative estimate of drug-likeness (QED) is 0.629. The molecule has 0 bridgehead atoms. The number of para-hydroxylation sites is 1. The van der Waals surface area contributed by atoms with E-state index in [1.54, 1.807) is 13.4 Å². The Morgan fingerprint density at radius 2 is 1.67 bits per heavy atom. The van der Waals surface area contributed by atoms with Crippen molar-refractivity contribution in [2.24, 2.45) is 0 Å². The Hall–Kier alpha value is -3.61. The van der Waals surface area contributed by atoms with Gasteiger partial charge in [0, 0.05) is 37.8 Å². The summed E-state index contributed by atoms with van der Waals surface area (Å²) in [5, 5.41) is 0. The van der Waals surface area contributed by atoms with Gasteiger partial charge in [0.1, 0.15) is 23.6 Å². The molecular weight excluding hydrogens is 380 g/mol. The zero-order valence-electron chi connectivity index (χ0n) is 16.9. The van der Waals surface area contributed by atoms with Crippen LogP contribution in [0.25, 0.3) is 11.3 Å². The van der Waals surface area contributed by atoms with Crippen LogP contribution in [0, 0.1) is 0 Å². The minimum Gasteiger partial charge on any atom is -0.497 e. The molecule has 2 aromatic carbocycles. The number of benzene rings is 2. The van der Waals surface area contributed by atoms with Gasteiger partial charge in [0.2, 0.25) is 0 Å². The number of anilines is 1. The summed E-state index contributed by atoms with van der Waals surface area (Å²) in [6.07, 6.45) is 1.58. The molecule has 1 aliphatic rings. The number of piperazine rings is 1. The molecule has 0 spiro atoms. The highest BCUT2D eigenvalue weighted by atomic mass is 16.5. The molecule has 0 radical (unpaired) electrons. The van der Waals surface area contributed by atoms with Crippen molar-refractivity contribution in [2.75, 3.05) is 44.8 Å². The predicted molar refractivity (Wildman–Crippen MR) is 115 cm³/mol. The summed E-state index contributed by atoms with van der Waals surface area (Å²) in [6, 6.07) is 19.2. The van der Waals surface area contributed by atoms with E-state index in [0.29, 0.717) is 18.8 Å². The number of aromatic nitrogens is 2. The lowest BCUT2D eigenvalue weighted by atomic mass is 10.1. The topological polar surface area (TPSA) is 67.8 Å². The maximum absolute atomic E-state index is 12.5. The van der Waals surface area contributed by atoms with Crippen molar-refractivity contribution in [3.8, 4) is 22.8 Å². The van der Waals surface area contributed by atoms with Crippen molar-refractivity contribution in [1.82, 2.24) is 14.9 Å². The minimum atomic E-state index is 0.000104. The van der Waals surface area contributed by atoms with Gasteiger partial charge in [0.05, 0.1) is 12.8 Å². The van der Waals surface area contributed by atoms with Crippen LogP contribution in [0.1, 0.15) is 0 Å². The number of methoxy groups -OCH3 is 1. The number of ether oxygens (including phenoxy) is 2. The number of hydrogen-bond acceptors (Lipinski definition) is 6. The summed E-state index contributed by atoms with van der Waals surface area (Å²) in [5.74, 6) is 2.38. The summed E-state index contributed by atoms with van der Waals surface area (Å²) in [7, 11) is 1.65. The molecule has 4 rings (SSSR count). The van der Waals surface area contributed by atoms with Gasteiger partial charge in [-0.2, -0.15) is 0 Å². The average molecular weight is 404 g/mol. The third-order valence-corrected chi connectivity index (χ3v) is 5.10. The summed E-state index contributed by atoms with van der Waals surface area (Å²) in [6.45, 7) is 2.77. The first kappa shape index (κ1) is 19.7. The van der Waals surface area contributed by atoms with Crippen LogP contribution in [-0.2, 0) is 4.79 Å². The maximum Gasteiger partial charge on any atom is 0.260 e. The largest absolute Gasteiger partial charge is 0.497 e. The molecule has 1 aromatic heterocycles. The van der Waals surface area contributed by atoms with E-state index >= 15 is 0 Å². The van der Waals surface area contributed by atoms with Gasteiger partial charge >= 0.3 is 0 Å². The fourth-order valence-corrected chi connectivity index (χ4v) is 3.38. The highest BCUT2D eigenvalue weighted by Gasteiger charge is 2.22. The Labute approximate surface area is 175 Å². The molecule has 0 unspecified atom stereocenters. The van der Waals surface area contributed by atoms with Gasteiger partial charge in [-0.05, 0) is 36.4 Å². The second-order valence-electron chi connectivity index (χ2n) is 6.96. The van der Waals surface area contributed by atoms with E-state index in [1.807, 2.05) is 65.6 Å². The van der Waals surface area contributed by atoms with Crippen molar-refractivity contribution >= 4 is 11.7 Å². The zero-order valence-corrected chi connectivity index (χ0v) is 16.9. The van der Waals surface area contributed by atoms with Crippen LogP contribution in [0.5, 0.6) is 11.5 Å². The molecule has 1 saturated heterocycles. The van der Waals surface area contributed by atoms with E-state index in [-0.39, 0.29) is 12.5 Å². The number of rotatable bonds is 6. The summed E-state index contributed by atoms with van der Waals surface area (Å²) < 4.78 is 10.8. The van der Waals surface area contributed by atoms with Crippen LogP contribution in [0.15, 0.2) is 67.0 Å². The SMILES string of the molecule is COc1ccc(-c2cc(N3CCN(C(=O)COc4ccccc4)CC3)ncn2)cc1. The number of carbonyl (C=O) groups excluding carboxylic acids is 1. The Kier molecular flexibility index (Phi) is 6.08. The Balaban J connectivity index is 1.34. The van der Waals surface area contributed by atoms with E-state index in [0.717, 1.165) is 35.9 Å². The molecule has 0 atom stereocenters. The third kappa shape index (κ3) is 4.68. The second-order valence-corrected chi connectivity index (χ2v) is 6.96. The molecule has 7 nitrogen and oxygen atoms in total. The van der Waals surface area contributed by atoms with Crippen molar-refractivity contribution in [3.63, 3.8) is 0 Å². The van der Waals surface area contributed by atoms with Crippen LogP contribution < -0.4 is 14.4 Å². The zero-order chi connectivity index (χ0) is 20.8. The summed E-state index contributed by atoms with van der Waals surface area (Å²) >= 11 is 0. The molecule has 3 aromatic rings. The molecule has 0 N–H and O–H groups in total. The lowest BCUT2D eigenvalue weighted by molar-refractivity contribution is -0.133. The maximum atomic E-state index is 12.5. The van der Waals surface area contributed by atoms with Gasteiger partial charge in [0.15, 0.2) is 6.61 Å². The molecule has 1 aliphatic heterocycles. The predicted octanol–water partition coefficient (Wildman–Crippen LogP) is 2.88. The highest BCUT2D eigenvalue weighted by Crippen LogP contribution is 2.23.